The van der Waals surface area contributed by atoms with Crippen LogP contribution >= 0.6 is 0 Å². The van der Waals surface area contributed by atoms with Crippen molar-refractivity contribution in [2.24, 2.45) is 16.4 Å². The third-order valence-corrected chi connectivity index (χ3v) is 3.19. The molecule has 0 rings (SSSR count). The minimum absolute atomic E-state index is 0.177. The van der Waals surface area contributed by atoms with Crippen LogP contribution in [0.2, 0.25) is 0 Å². The summed E-state index contributed by atoms with van der Waals surface area (Å²) in [5.41, 5.74) is 7.43. The van der Waals surface area contributed by atoms with Crippen molar-refractivity contribution in [1.29, 1.82) is 0 Å². The highest BCUT2D eigenvalue weighted by atomic mass is 16.4. The van der Waals surface area contributed by atoms with E-state index in [0.29, 0.717) is 6.54 Å². The number of carboxylic acids is 1. The van der Waals surface area contributed by atoms with Gasteiger partial charge in [-0.15, -0.1) is 0 Å². The highest BCUT2D eigenvalue weighted by molar-refractivity contribution is 5.73. The molecule has 0 aromatic heterocycles. The van der Waals surface area contributed by atoms with Gasteiger partial charge in [-0.05, 0) is 38.1 Å². The molecule has 0 aromatic carbocycles. The molecule has 0 aliphatic carbocycles. The van der Waals surface area contributed by atoms with Gasteiger partial charge in [0.1, 0.15) is 0 Å². The first-order valence-electron chi connectivity index (χ1n) is 5.71. The molecule has 0 saturated heterocycles. The quantitative estimate of drug-likeness (QED) is 0.297. The molecule has 0 spiro atoms. The van der Waals surface area contributed by atoms with Gasteiger partial charge in [-0.2, -0.15) is 0 Å². The number of rotatable bonds is 8. The number of hydrogen-bond acceptors (Lipinski definition) is 2. The highest BCUT2D eigenvalue weighted by Crippen LogP contribution is 2.33. The first-order chi connectivity index (χ1) is 7.46. The molecule has 0 amide bonds. The zero-order valence-electron chi connectivity index (χ0n) is 10.3. The monoisotopic (exact) mass is 227 g/mol. The fourth-order valence-electron chi connectivity index (χ4n) is 1.87. The highest BCUT2D eigenvalue weighted by Gasteiger charge is 2.34. The van der Waals surface area contributed by atoms with Crippen molar-refractivity contribution in [1.82, 2.24) is 0 Å². The van der Waals surface area contributed by atoms with Crippen molar-refractivity contribution in [2.75, 3.05) is 6.54 Å². The molecule has 0 saturated carbocycles. The Balaban J connectivity index is 4.10. The van der Waals surface area contributed by atoms with Gasteiger partial charge in [-0.25, -0.2) is 0 Å². The van der Waals surface area contributed by atoms with Crippen molar-refractivity contribution >= 4 is 5.97 Å². The molecule has 0 fully saturated rings. The van der Waals surface area contributed by atoms with Crippen LogP contribution in [-0.4, -0.2) is 17.6 Å². The lowest BCUT2D eigenvalue weighted by Gasteiger charge is -2.29. The average Bonchev–Trinajstić information content (AvgIpc) is 2.22. The van der Waals surface area contributed by atoms with E-state index in [9.17, 15) is 4.79 Å². The first kappa shape index (κ1) is 14.8. The predicted molar refractivity (Wildman–Crippen MR) is 63.1 cm³/mol. The van der Waals surface area contributed by atoms with Gasteiger partial charge in [0.2, 0.25) is 0 Å². The van der Waals surface area contributed by atoms with Gasteiger partial charge in [0.25, 0.3) is 0 Å². The number of azide groups is 1. The number of hydrogen-bond donors (Lipinski definition) is 1. The average molecular weight is 227 g/mol. The minimum atomic E-state index is -0.741. The second kappa shape index (κ2) is 7.12. The SMILES string of the molecule is CCC(CCCCN=[N+]=[N-])C(C)(C)C(=O)O. The van der Waals surface area contributed by atoms with E-state index in [2.05, 4.69) is 10.0 Å². The van der Waals surface area contributed by atoms with Crippen molar-refractivity contribution in [3.63, 3.8) is 0 Å². The van der Waals surface area contributed by atoms with E-state index in [4.69, 9.17) is 10.6 Å². The van der Waals surface area contributed by atoms with Gasteiger partial charge in [-0.1, -0.05) is 24.9 Å². The third-order valence-electron chi connectivity index (χ3n) is 3.19. The molecular weight excluding hydrogens is 206 g/mol. The Bertz CT molecular complexity index is 270. The van der Waals surface area contributed by atoms with Gasteiger partial charge >= 0.3 is 5.97 Å². The van der Waals surface area contributed by atoms with Crippen LogP contribution in [0.5, 0.6) is 0 Å². The topological polar surface area (TPSA) is 86.1 Å². The van der Waals surface area contributed by atoms with E-state index in [1.807, 2.05) is 6.92 Å². The van der Waals surface area contributed by atoms with Gasteiger partial charge in [0.15, 0.2) is 0 Å². The summed E-state index contributed by atoms with van der Waals surface area (Å²) in [7, 11) is 0. The van der Waals surface area contributed by atoms with Gasteiger partial charge in [0.05, 0.1) is 5.41 Å². The number of nitrogens with zero attached hydrogens (tertiary/aromatic N) is 3. The molecule has 1 atom stereocenters. The predicted octanol–water partition coefficient (Wildman–Crippen LogP) is 3.60. The summed E-state index contributed by atoms with van der Waals surface area (Å²) in [5, 5.41) is 12.6. The fourth-order valence-corrected chi connectivity index (χ4v) is 1.87. The molecule has 1 N–H and O–H groups in total. The van der Waals surface area contributed by atoms with Crippen LogP contribution in [0.3, 0.4) is 0 Å². The Labute approximate surface area is 96.5 Å². The smallest absolute Gasteiger partial charge is 0.309 e. The van der Waals surface area contributed by atoms with Crippen LogP contribution in [0.4, 0.5) is 0 Å². The first-order valence-corrected chi connectivity index (χ1v) is 5.71. The van der Waals surface area contributed by atoms with Crippen LogP contribution in [-0.2, 0) is 4.79 Å². The number of aliphatic carboxylic acids is 1. The molecule has 0 radical (unpaired) electrons. The molecule has 0 bridgehead atoms. The Morgan fingerprint density at radius 2 is 2.12 bits per heavy atom. The standard InChI is InChI=1S/C11H21N3O2/c1-4-9(11(2,3)10(15)16)7-5-6-8-13-14-12/h9H,4-8H2,1-3H3,(H,15,16). The van der Waals surface area contributed by atoms with Crippen molar-refractivity contribution < 1.29 is 9.90 Å². The second-order valence-electron chi connectivity index (χ2n) is 4.58. The maximum Gasteiger partial charge on any atom is 0.309 e. The summed E-state index contributed by atoms with van der Waals surface area (Å²) in [6.45, 7) is 6.07. The van der Waals surface area contributed by atoms with Gasteiger partial charge in [0, 0.05) is 11.5 Å². The molecule has 0 aliphatic heterocycles. The lowest BCUT2D eigenvalue weighted by molar-refractivity contribution is -0.150. The van der Waals surface area contributed by atoms with Crippen molar-refractivity contribution in [2.45, 2.75) is 46.5 Å². The van der Waals surface area contributed by atoms with Crippen molar-refractivity contribution in [3.8, 4) is 0 Å². The molecule has 92 valence electrons. The second-order valence-corrected chi connectivity index (χ2v) is 4.58. The van der Waals surface area contributed by atoms with Crippen LogP contribution in [0.25, 0.3) is 10.4 Å². The number of carboxylic acid groups (broad SMARTS) is 1. The van der Waals surface area contributed by atoms with E-state index in [1.165, 1.54) is 0 Å². The largest absolute Gasteiger partial charge is 0.481 e. The molecule has 0 heterocycles. The van der Waals surface area contributed by atoms with E-state index >= 15 is 0 Å². The summed E-state index contributed by atoms with van der Waals surface area (Å²) in [5.74, 6) is -0.564. The van der Waals surface area contributed by atoms with Crippen LogP contribution in [0, 0.1) is 11.3 Å². The molecule has 5 heteroatoms. The number of unbranched alkanes of at least 4 members (excludes halogenated alkanes) is 1. The van der Waals surface area contributed by atoms with Gasteiger partial charge < -0.3 is 5.11 Å². The van der Waals surface area contributed by atoms with E-state index < -0.39 is 11.4 Å². The molecule has 0 aliphatic rings. The molecule has 16 heavy (non-hydrogen) atoms. The molecule has 1 unspecified atom stereocenters. The van der Waals surface area contributed by atoms with Crippen molar-refractivity contribution in [3.05, 3.63) is 10.4 Å². The Kier molecular flexibility index (Phi) is 6.58. The van der Waals surface area contributed by atoms with Crippen LogP contribution in [0.1, 0.15) is 46.5 Å². The minimum Gasteiger partial charge on any atom is -0.481 e. The lowest BCUT2D eigenvalue weighted by Crippen LogP contribution is -2.32. The van der Waals surface area contributed by atoms with E-state index in [-0.39, 0.29) is 5.92 Å². The summed E-state index contributed by atoms with van der Waals surface area (Å²) in [6, 6.07) is 0. The van der Waals surface area contributed by atoms with E-state index in [0.717, 1.165) is 25.7 Å². The number of carbonyl (C=O) groups is 1. The van der Waals surface area contributed by atoms with Crippen LogP contribution < -0.4 is 0 Å². The zero-order valence-corrected chi connectivity index (χ0v) is 10.3. The maximum atomic E-state index is 11.1. The lowest BCUT2D eigenvalue weighted by atomic mass is 9.75. The summed E-state index contributed by atoms with van der Waals surface area (Å²) >= 11 is 0. The summed E-state index contributed by atoms with van der Waals surface area (Å²) in [4.78, 5) is 13.8. The molecular formula is C11H21N3O2. The van der Waals surface area contributed by atoms with E-state index in [1.54, 1.807) is 13.8 Å². The maximum absolute atomic E-state index is 11.1. The zero-order chi connectivity index (χ0) is 12.6. The fraction of sp³-hybridized carbons (Fsp3) is 0.909. The Morgan fingerprint density at radius 3 is 2.56 bits per heavy atom. The van der Waals surface area contributed by atoms with Gasteiger partial charge in [-0.3, -0.25) is 4.79 Å². The summed E-state index contributed by atoms with van der Waals surface area (Å²) in [6.07, 6.45) is 3.47. The normalized spacial score (nSPS) is 12.9. The Morgan fingerprint density at radius 1 is 1.50 bits per heavy atom. The molecule has 5 nitrogen and oxygen atoms in total. The third kappa shape index (κ3) is 4.53. The summed E-state index contributed by atoms with van der Waals surface area (Å²) < 4.78 is 0. The Hall–Kier alpha value is -1.22. The molecule has 0 aromatic rings. The van der Waals surface area contributed by atoms with Crippen LogP contribution in [0.15, 0.2) is 5.11 Å².